The monoisotopic (exact) mass is 369 g/mol. The summed E-state index contributed by atoms with van der Waals surface area (Å²) in [5, 5.41) is 0. The van der Waals surface area contributed by atoms with Gasteiger partial charge in [-0.15, -0.1) is 0 Å². The van der Waals surface area contributed by atoms with E-state index in [1.54, 1.807) is 0 Å². The number of carbonyl (C=O) groups is 2. The molecule has 0 spiro atoms. The lowest BCUT2D eigenvalue weighted by atomic mass is 10.1. The molecule has 5 heteroatoms. The first-order valence-corrected chi connectivity index (χ1v) is 10.0. The van der Waals surface area contributed by atoms with E-state index < -0.39 is 0 Å². The first kappa shape index (κ1) is 19.6. The minimum atomic E-state index is -0.152. The molecule has 1 aromatic carbocycles. The van der Waals surface area contributed by atoms with E-state index in [1.165, 1.54) is 5.56 Å². The summed E-state index contributed by atoms with van der Waals surface area (Å²) in [7, 11) is 0. The van der Waals surface area contributed by atoms with Crippen LogP contribution in [0.1, 0.15) is 25.8 Å². The molecule has 1 unspecified atom stereocenters. The Morgan fingerprint density at radius 2 is 1.85 bits per heavy atom. The van der Waals surface area contributed by atoms with Crippen LogP contribution in [0, 0.1) is 11.8 Å². The number of benzene rings is 1. The Labute approximate surface area is 162 Å². The minimum absolute atomic E-state index is 0.131. The van der Waals surface area contributed by atoms with Gasteiger partial charge >= 0.3 is 0 Å². The van der Waals surface area contributed by atoms with Crippen molar-refractivity contribution in [3.63, 3.8) is 0 Å². The molecule has 2 fully saturated rings. The molecule has 0 N–H and O–H groups in total. The zero-order valence-corrected chi connectivity index (χ0v) is 16.5. The summed E-state index contributed by atoms with van der Waals surface area (Å²) < 4.78 is 0. The summed E-state index contributed by atoms with van der Waals surface area (Å²) in [6, 6.07) is 10.3. The third kappa shape index (κ3) is 5.42. The van der Waals surface area contributed by atoms with Crippen molar-refractivity contribution in [3.8, 4) is 0 Å². The standard InChI is InChI=1S/C22H31N3O2/c1-18(2)16-25-17-20(15-21(25)26)22(27)24-13-11-23(12-14-24)10-6-9-19-7-4-3-5-8-19/h3-9,18,20H,10-17H2,1-2H3/b9-6+. The molecule has 5 nitrogen and oxygen atoms in total. The molecule has 0 aromatic heterocycles. The number of nitrogens with zero attached hydrogens (tertiary/aromatic N) is 3. The van der Waals surface area contributed by atoms with E-state index in [0.717, 1.165) is 39.3 Å². The third-order valence-electron chi connectivity index (χ3n) is 5.31. The van der Waals surface area contributed by atoms with Crippen LogP contribution in [0.15, 0.2) is 36.4 Å². The molecule has 1 atom stereocenters. The maximum Gasteiger partial charge on any atom is 0.228 e. The molecule has 0 bridgehead atoms. The van der Waals surface area contributed by atoms with Gasteiger partial charge in [-0.05, 0) is 11.5 Å². The molecule has 2 heterocycles. The highest BCUT2D eigenvalue weighted by atomic mass is 16.2. The second-order valence-corrected chi connectivity index (χ2v) is 8.03. The maximum absolute atomic E-state index is 12.8. The second kappa shape index (κ2) is 9.18. The van der Waals surface area contributed by atoms with Crippen LogP contribution in [0.25, 0.3) is 6.08 Å². The fourth-order valence-electron chi connectivity index (χ4n) is 3.87. The van der Waals surface area contributed by atoms with Gasteiger partial charge in [0.15, 0.2) is 0 Å². The van der Waals surface area contributed by atoms with Gasteiger partial charge < -0.3 is 9.80 Å². The number of hydrogen-bond donors (Lipinski definition) is 0. The Kier molecular flexibility index (Phi) is 6.67. The Bertz CT molecular complexity index is 663. The molecule has 0 radical (unpaired) electrons. The lowest BCUT2D eigenvalue weighted by Crippen LogP contribution is -2.50. The van der Waals surface area contributed by atoms with E-state index in [1.807, 2.05) is 28.0 Å². The minimum Gasteiger partial charge on any atom is -0.342 e. The van der Waals surface area contributed by atoms with Crippen molar-refractivity contribution >= 4 is 17.9 Å². The summed E-state index contributed by atoms with van der Waals surface area (Å²) in [6.07, 6.45) is 4.71. The molecule has 146 valence electrons. The average Bonchev–Trinajstić information content (AvgIpc) is 3.02. The van der Waals surface area contributed by atoms with Crippen molar-refractivity contribution in [1.82, 2.24) is 14.7 Å². The molecule has 2 saturated heterocycles. The summed E-state index contributed by atoms with van der Waals surface area (Å²) in [5.41, 5.74) is 1.21. The highest BCUT2D eigenvalue weighted by Gasteiger charge is 2.37. The van der Waals surface area contributed by atoms with E-state index in [4.69, 9.17) is 0 Å². The molecule has 0 saturated carbocycles. The van der Waals surface area contributed by atoms with Crippen molar-refractivity contribution in [2.24, 2.45) is 11.8 Å². The van der Waals surface area contributed by atoms with Gasteiger partial charge in [0.05, 0.1) is 5.92 Å². The van der Waals surface area contributed by atoms with Crippen molar-refractivity contribution in [2.45, 2.75) is 20.3 Å². The number of likely N-dealkylation sites (tertiary alicyclic amines) is 1. The normalized spacial score (nSPS) is 21.6. The van der Waals surface area contributed by atoms with Crippen LogP contribution in [-0.4, -0.2) is 72.3 Å². The van der Waals surface area contributed by atoms with Crippen LogP contribution in [-0.2, 0) is 9.59 Å². The molecule has 0 aliphatic carbocycles. The van der Waals surface area contributed by atoms with Crippen LogP contribution in [0.4, 0.5) is 0 Å². The molecule has 2 aliphatic rings. The van der Waals surface area contributed by atoms with Gasteiger partial charge in [0.25, 0.3) is 0 Å². The van der Waals surface area contributed by atoms with Gasteiger partial charge in [0.1, 0.15) is 0 Å². The van der Waals surface area contributed by atoms with E-state index in [-0.39, 0.29) is 17.7 Å². The van der Waals surface area contributed by atoms with E-state index >= 15 is 0 Å². The molecule has 2 aliphatic heterocycles. The predicted octanol–water partition coefficient (Wildman–Crippen LogP) is 2.35. The molecular formula is C22H31N3O2. The number of rotatable bonds is 6. The largest absolute Gasteiger partial charge is 0.342 e. The number of hydrogen-bond acceptors (Lipinski definition) is 3. The van der Waals surface area contributed by atoms with Crippen LogP contribution in [0.2, 0.25) is 0 Å². The Morgan fingerprint density at radius 3 is 2.52 bits per heavy atom. The number of carbonyl (C=O) groups excluding carboxylic acids is 2. The lowest BCUT2D eigenvalue weighted by molar-refractivity contribution is -0.137. The SMILES string of the molecule is CC(C)CN1CC(C(=O)N2CCN(C/C=C/c3ccccc3)CC2)CC1=O. The predicted molar refractivity (Wildman–Crippen MR) is 108 cm³/mol. The lowest BCUT2D eigenvalue weighted by Gasteiger charge is -2.35. The Hall–Kier alpha value is -2.14. The van der Waals surface area contributed by atoms with Crippen LogP contribution >= 0.6 is 0 Å². The Morgan fingerprint density at radius 1 is 1.15 bits per heavy atom. The molecule has 27 heavy (non-hydrogen) atoms. The van der Waals surface area contributed by atoms with Crippen LogP contribution in [0.5, 0.6) is 0 Å². The second-order valence-electron chi connectivity index (χ2n) is 8.03. The summed E-state index contributed by atoms with van der Waals surface area (Å²) in [4.78, 5) is 31.1. The first-order chi connectivity index (χ1) is 13.0. The summed E-state index contributed by atoms with van der Waals surface area (Å²) in [6.45, 7) is 9.76. The van der Waals surface area contributed by atoms with Gasteiger partial charge in [-0.3, -0.25) is 14.5 Å². The smallest absolute Gasteiger partial charge is 0.228 e. The zero-order valence-electron chi connectivity index (χ0n) is 16.5. The van der Waals surface area contributed by atoms with Crippen molar-refractivity contribution in [2.75, 3.05) is 45.8 Å². The molecular weight excluding hydrogens is 338 g/mol. The van der Waals surface area contributed by atoms with Crippen LogP contribution < -0.4 is 0 Å². The van der Waals surface area contributed by atoms with E-state index in [0.29, 0.717) is 18.9 Å². The van der Waals surface area contributed by atoms with Gasteiger partial charge in [-0.1, -0.05) is 56.3 Å². The average molecular weight is 370 g/mol. The van der Waals surface area contributed by atoms with Crippen molar-refractivity contribution in [3.05, 3.63) is 42.0 Å². The summed E-state index contributed by atoms with van der Waals surface area (Å²) in [5.74, 6) is 0.580. The van der Waals surface area contributed by atoms with Crippen molar-refractivity contribution in [1.29, 1.82) is 0 Å². The number of amides is 2. The zero-order chi connectivity index (χ0) is 19.2. The van der Waals surface area contributed by atoms with Gasteiger partial charge in [-0.25, -0.2) is 0 Å². The van der Waals surface area contributed by atoms with Gasteiger partial charge in [0.2, 0.25) is 11.8 Å². The first-order valence-electron chi connectivity index (χ1n) is 10.0. The molecule has 2 amide bonds. The highest BCUT2D eigenvalue weighted by Crippen LogP contribution is 2.22. The third-order valence-corrected chi connectivity index (χ3v) is 5.31. The fraction of sp³-hybridized carbons (Fsp3) is 0.545. The van der Waals surface area contributed by atoms with Gasteiger partial charge in [0, 0.05) is 52.2 Å². The highest BCUT2D eigenvalue weighted by molar-refractivity contribution is 5.89. The molecule has 1 aromatic rings. The maximum atomic E-state index is 12.8. The van der Waals surface area contributed by atoms with Crippen molar-refractivity contribution < 1.29 is 9.59 Å². The van der Waals surface area contributed by atoms with Gasteiger partial charge in [-0.2, -0.15) is 0 Å². The van der Waals surface area contributed by atoms with Crippen LogP contribution in [0.3, 0.4) is 0 Å². The summed E-state index contributed by atoms with van der Waals surface area (Å²) >= 11 is 0. The fourth-order valence-corrected chi connectivity index (χ4v) is 3.87. The Balaban J connectivity index is 1.43. The molecule has 3 rings (SSSR count). The number of piperazine rings is 1. The quantitative estimate of drug-likeness (QED) is 0.773. The van der Waals surface area contributed by atoms with E-state index in [2.05, 4.69) is 43.0 Å². The topological polar surface area (TPSA) is 43.9 Å². The van der Waals surface area contributed by atoms with E-state index in [9.17, 15) is 9.59 Å².